The first kappa shape index (κ1) is 11.0. The average molecular weight is 237 g/mol. The standard InChI is InChI=1S/C5H8N4O3S2/c1-3(10)7-4-9(2)8-5(13-4)14(6,11)12/h1-2H3,(H2,6,11,12)/p+1. The Bertz CT molecular complexity index is 463. The number of amides is 1. The van der Waals surface area contributed by atoms with Crippen molar-refractivity contribution < 1.29 is 17.9 Å². The second kappa shape index (κ2) is 3.59. The average Bonchev–Trinajstić information content (AvgIpc) is 2.30. The Kier molecular flexibility index (Phi) is 2.83. The van der Waals surface area contributed by atoms with Crippen LogP contribution in [0.1, 0.15) is 6.92 Å². The van der Waals surface area contributed by atoms with Gasteiger partial charge in [0.25, 0.3) is 14.4 Å². The molecule has 78 valence electrons. The van der Waals surface area contributed by atoms with Crippen molar-refractivity contribution in [1.29, 1.82) is 0 Å². The van der Waals surface area contributed by atoms with Crippen molar-refractivity contribution in [2.24, 2.45) is 12.2 Å². The van der Waals surface area contributed by atoms with E-state index in [1.807, 2.05) is 0 Å². The molecule has 0 saturated carbocycles. The fourth-order valence-electron chi connectivity index (χ4n) is 0.709. The molecule has 7 nitrogen and oxygen atoms in total. The van der Waals surface area contributed by atoms with Gasteiger partial charge in [0.2, 0.25) is 0 Å². The zero-order chi connectivity index (χ0) is 10.9. The highest BCUT2D eigenvalue weighted by atomic mass is 32.2. The van der Waals surface area contributed by atoms with E-state index in [2.05, 4.69) is 10.4 Å². The largest absolute Gasteiger partial charge is 0.364 e. The Morgan fingerprint density at radius 1 is 1.64 bits per heavy atom. The van der Waals surface area contributed by atoms with Gasteiger partial charge in [-0.25, -0.2) is 18.4 Å². The lowest BCUT2D eigenvalue weighted by Crippen LogP contribution is -2.34. The molecular weight excluding hydrogens is 228 g/mol. The van der Waals surface area contributed by atoms with Gasteiger partial charge in [0.1, 0.15) is 7.05 Å². The molecule has 0 bridgehead atoms. The van der Waals surface area contributed by atoms with Crippen molar-refractivity contribution in [2.75, 3.05) is 5.32 Å². The first-order chi connectivity index (χ1) is 6.30. The van der Waals surface area contributed by atoms with E-state index in [4.69, 9.17) is 5.14 Å². The van der Waals surface area contributed by atoms with Gasteiger partial charge in [0, 0.05) is 6.92 Å². The maximum absolute atomic E-state index is 10.9. The highest BCUT2D eigenvalue weighted by Crippen LogP contribution is 2.16. The number of rotatable bonds is 2. The fraction of sp³-hybridized carbons (Fsp3) is 0.400. The molecule has 1 aromatic rings. The van der Waals surface area contributed by atoms with Crippen LogP contribution in [-0.2, 0) is 21.9 Å². The summed E-state index contributed by atoms with van der Waals surface area (Å²) >= 11 is 0.802. The van der Waals surface area contributed by atoms with Crippen molar-refractivity contribution in [1.82, 2.24) is 5.10 Å². The van der Waals surface area contributed by atoms with Crippen LogP contribution in [0.5, 0.6) is 0 Å². The zero-order valence-corrected chi connectivity index (χ0v) is 9.15. The summed E-state index contributed by atoms with van der Waals surface area (Å²) in [5.74, 6) is -0.301. The van der Waals surface area contributed by atoms with E-state index in [1.165, 1.54) is 18.7 Å². The molecule has 1 heterocycles. The minimum absolute atomic E-state index is 0.233. The van der Waals surface area contributed by atoms with Crippen LogP contribution in [0.15, 0.2) is 4.34 Å². The number of aryl methyl sites for hydroxylation is 1. The van der Waals surface area contributed by atoms with Crippen molar-refractivity contribution in [2.45, 2.75) is 11.3 Å². The van der Waals surface area contributed by atoms with Gasteiger partial charge in [-0.1, -0.05) is 5.10 Å². The molecule has 0 aromatic carbocycles. The fourth-order valence-corrected chi connectivity index (χ4v) is 2.34. The van der Waals surface area contributed by atoms with Crippen LogP contribution >= 0.6 is 11.3 Å². The molecule has 0 saturated heterocycles. The third kappa shape index (κ3) is 2.47. The quantitative estimate of drug-likeness (QED) is 0.486. The molecule has 0 unspecified atom stereocenters. The summed E-state index contributed by atoms with van der Waals surface area (Å²) in [5.41, 5.74) is 0. The highest BCUT2D eigenvalue weighted by molar-refractivity contribution is 7.91. The molecule has 1 aromatic heterocycles. The number of carbonyl (C=O) groups excluding carboxylic acids is 1. The normalized spacial score (nSPS) is 11.4. The molecule has 0 fully saturated rings. The second-order valence-electron chi connectivity index (χ2n) is 2.52. The molecule has 0 aliphatic carbocycles. The molecule has 1 rings (SSSR count). The third-order valence-electron chi connectivity index (χ3n) is 1.24. The van der Waals surface area contributed by atoms with E-state index in [1.54, 1.807) is 0 Å². The number of anilines is 1. The second-order valence-corrected chi connectivity index (χ2v) is 5.24. The molecular formula is C5H9N4O3S2+. The van der Waals surface area contributed by atoms with Crippen LogP contribution in [0.25, 0.3) is 0 Å². The monoisotopic (exact) mass is 237 g/mol. The number of nitrogens with two attached hydrogens (primary N) is 1. The van der Waals surface area contributed by atoms with Gasteiger partial charge in [0.15, 0.2) is 0 Å². The Hall–Kier alpha value is -1.06. The number of nitrogens with one attached hydrogen (secondary N) is 1. The topological polar surface area (TPSA) is 106 Å². The van der Waals surface area contributed by atoms with Crippen LogP contribution in [0.3, 0.4) is 0 Å². The Labute approximate surface area is 84.6 Å². The first-order valence-corrected chi connectivity index (χ1v) is 5.84. The third-order valence-corrected chi connectivity index (χ3v) is 3.57. The predicted octanol–water partition coefficient (Wildman–Crippen LogP) is -1.43. The summed E-state index contributed by atoms with van der Waals surface area (Å²) in [6.45, 7) is 1.32. The predicted molar refractivity (Wildman–Crippen MR) is 49.0 cm³/mol. The lowest BCUT2D eigenvalue weighted by Gasteiger charge is -1.86. The molecule has 1 amide bonds. The number of sulfonamides is 1. The zero-order valence-electron chi connectivity index (χ0n) is 7.51. The molecule has 14 heavy (non-hydrogen) atoms. The Morgan fingerprint density at radius 2 is 2.21 bits per heavy atom. The number of hydrogen-bond donors (Lipinski definition) is 2. The number of primary sulfonamides is 1. The minimum atomic E-state index is -3.81. The van der Waals surface area contributed by atoms with Gasteiger partial charge in [0.05, 0.1) is 0 Å². The van der Waals surface area contributed by atoms with Gasteiger partial charge in [-0.2, -0.15) is 5.32 Å². The van der Waals surface area contributed by atoms with Crippen molar-refractivity contribution in [3.05, 3.63) is 0 Å². The van der Waals surface area contributed by atoms with Crippen LogP contribution in [0.2, 0.25) is 0 Å². The summed E-state index contributed by atoms with van der Waals surface area (Å²) < 4.78 is 22.8. The summed E-state index contributed by atoms with van der Waals surface area (Å²) in [6, 6.07) is 0. The number of hydrogen-bond acceptors (Lipinski definition) is 5. The van der Waals surface area contributed by atoms with E-state index < -0.39 is 10.0 Å². The summed E-state index contributed by atoms with van der Waals surface area (Å²) in [4.78, 5) is 10.7. The van der Waals surface area contributed by atoms with E-state index in [-0.39, 0.29) is 10.2 Å². The van der Waals surface area contributed by atoms with Crippen LogP contribution in [0.4, 0.5) is 5.13 Å². The van der Waals surface area contributed by atoms with Crippen molar-refractivity contribution in [3.8, 4) is 0 Å². The van der Waals surface area contributed by atoms with Crippen LogP contribution < -0.4 is 15.1 Å². The van der Waals surface area contributed by atoms with Crippen LogP contribution in [-0.4, -0.2) is 19.4 Å². The SMILES string of the molecule is CC(=O)Nc1sc(S(N)(=O)=O)n[n+]1C. The summed E-state index contributed by atoms with van der Waals surface area (Å²) in [7, 11) is -2.29. The maximum Gasteiger partial charge on any atom is 0.364 e. The highest BCUT2D eigenvalue weighted by Gasteiger charge is 2.22. The molecule has 9 heteroatoms. The lowest BCUT2D eigenvalue weighted by molar-refractivity contribution is -0.715. The van der Waals surface area contributed by atoms with Gasteiger partial charge in [-0.3, -0.25) is 0 Å². The smallest absolute Gasteiger partial charge is 0.247 e. The maximum atomic E-state index is 10.9. The first-order valence-electron chi connectivity index (χ1n) is 3.48. The molecule has 0 radical (unpaired) electrons. The molecule has 0 aliphatic heterocycles. The van der Waals surface area contributed by atoms with E-state index in [0.29, 0.717) is 5.13 Å². The number of carbonyl (C=O) groups is 1. The Morgan fingerprint density at radius 3 is 2.57 bits per heavy atom. The van der Waals surface area contributed by atoms with Gasteiger partial charge < -0.3 is 0 Å². The van der Waals surface area contributed by atoms with E-state index >= 15 is 0 Å². The number of nitrogens with zero attached hydrogens (tertiary/aromatic N) is 2. The van der Waals surface area contributed by atoms with Crippen molar-refractivity contribution in [3.63, 3.8) is 0 Å². The van der Waals surface area contributed by atoms with Gasteiger partial charge in [-0.05, 0) is 11.3 Å². The summed E-state index contributed by atoms with van der Waals surface area (Å²) in [6.07, 6.45) is 0. The molecule has 3 N–H and O–H groups in total. The summed E-state index contributed by atoms with van der Waals surface area (Å²) in [5, 5.41) is 11.3. The van der Waals surface area contributed by atoms with E-state index in [0.717, 1.165) is 11.3 Å². The number of aromatic nitrogens is 2. The molecule has 0 atom stereocenters. The Balaban J connectivity index is 3.12. The van der Waals surface area contributed by atoms with Crippen molar-refractivity contribution >= 4 is 32.4 Å². The van der Waals surface area contributed by atoms with Gasteiger partial charge in [-0.15, -0.1) is 4.68 Å². The van der Waals surface area contributed by atoms with Gasteiger partial charge >= 0.3 is 11.0 Å². The van der Waals surface area contributed by atoms with Crippen LogP contribution in [0, 0.1) is 0 Å². The molecule has 0 spiro atoms. The lowest BCUT2D eigenvalue weighted by atomic mass is 10.7. The minimum Gasteiger partial charge on any atom is -0.247 e. The molecule has 0 aliphatic rings. The van der Waals surface area contributed by atoms with E-state index in [9.17, 15) is 13.2 Å².